The normalized spacial score (nSPS) is 19.0. The Hall–Kier alpha value is -3.87. The average molecular weight is 447 g/mol. The fraction of sp³-hybridized carbons (Fsp3) is 0.269. The van der Waals surface area contributed by atoms with E-state index >= 15 is 0 Å². The summed E-state index contributed by atoms with van der Waals surface area (Å²) >= 11 is 0. The summed E-state index contributed by atoms with van der Waals surface area (Å²) in [6.07, 6.45) is 6.71. The van der Waals surface area contributed by atoms with Crippen molar-refractivity contribution >= 4 is 18.0 Å². The van der Waals surface area contributed by atoms with E-state index in [1.807, 2.05) is 24.3 Å². The predicted octanol–water partition coefficient (Wildman–Crippen LogP) is 3.62. The van der Waals surface area contributed by atoms with Gasteiger partial charge in [-0.2, -0.15) is 0 Å². The molecule has 2 aliphatic carbocycles. The van der Waals surface area contributed by atoms with Crippen LogP contribution in [0.1, 0.15) is 29.9 Å². The molecular formula is C26H26N2O5. The predicted molar refractivity (Wildman–Crippen MR) is 124 cm³/mol. The number of alkyl carbamates (subject to hydrolysis) is 1. The van der Waals surface area contributed by atoms with E-state index in [4.69, 9.17) is 9.84 Å². The van der Waals surface area contributed by atoms with E-state index in [-0.39, 0.29) is 31.0 Å². The minimum Gasteiger partial charge on any atom is -0.481 e. The Bertz CT molecular complexity index is 1060. The molecule has 170 valence electrons. The van der Waals surface area contributed by atoms with Crippen molar-refractivity contribution in [1.29, 1.82) is 0 Å². The largest absolute Gasteiger partial charge is 0.481 e. The van der Waals surface area contributed by atoms with Crippen molar-refractivity contribution in [3.8, 4) is 11.1 Å². The van der Waals surface area contributed by atoms with Crippen LogP contribution in [0.3, 0.4) is 0 Å². The number of carbonyl (C=O) groups is 3. The van der Waals surface area contributed by atoms with Gasteiger partial charge < -0.3 is 20.5 Å². The summed E-state index contributed by atoms with van der Waals surface area (Å²) in [6.45, 7) is 0.366. The summed E-state index contributed by atoms with van der Waals surface area (Å²) in [5.74, 6) is -1.70. The Morgan fingerprint density at radius 2 is 1.70 bits per heavy atom. The number of benzene rings is 2. The van der Waals surface area contributed by atoms with Gasteiger partial charge in [-0.25, -0.2) is 4.79 Å². The molecular weight excluding hydrogens is 420 g/mol. The molecule has 0 saturated heterocycles. The Labute approximate surface area is 192 Å². The second-order valence-corrected chi connectivity index (χ2v) is 8.16. The lowest BCUT2D eigenvalue weighted by atomic mass is 9.91. The molecule has 2 atom stereocenters. The molecule has 3 N–H and O–H groups in total. The molecule has 2 amide bonds. The Morgan fingerprint density at radius 3 is 2.36 bits per heavy atom. The van der Waals surface area contributed by atoms with Gasteiger partial charge in [-0.1, -0.05) is 66.8 Å². The molecule has 4 rings (SSSR count). The molecule has 0 saturated carbocycles. The van der Waals surface area contributed by atoms with Crippen molar-refractivity contribution < 1.29 is 24.2 Å². The molecule has 2 aliphatic rings. The van der Waals surface area contributed by atoms with E-state index in [2.05, 4.69) is 34.9 Å². The molecule has 7 heteroatoms. The lowest BCUT2D eigenvalue weighted by Gasteiger charge is -2.22. The van der Waals surface area contributed by atoms with Crippen molar-refractivity contribution in [3.05, 3.63) is 84.0 Å². The number of aliphatic carboxylic acids is 1. The topological polar surface area (TPSA) is 105 Å². The molecule has 33 heavy (non-hydrogen) atoms. The average Bonchev–Trinajstić information content (AvgIpc) is 3.14. The van der Waals surface area contributed by atoms with Crippen LogP contribution in [-0.4, -0.2) is 42.3 Å². The smallest absolute Gasteiger partial charge is 0.407 e. The fourth-order valence-corrected chi connectivity index (χ4v) is 4.39. The van der Waals surface area contributed by atoms with E-state index in [1.54, 1.807) is 12.2 Å². The van der Waals surface area contributed by atoms with E-state index in [0.717, 1.165) is 11.1 Å². The zero-order valence-electron chi connectivity index (χ0n) is 18.1. The quantitative estimate of drug-likeness (QED) is 0.445. The zero-order valence-corrected chi connectivity index (χ0v) is 18.1. The highest BCUT2D eigenvalue weighted by Crippen LogP contribution is 2.44. The molecule has 0 bridgehead atoms. The number of carbonyl (C=O) groups excluding carboxylic acids is 2. The standard InChI is InChI=1S/C26H26N2O5/c29-24(28-18-8-5-7-17(15-18)25(30)31)13-6-14-27-26(32)33-16-23-21-11-3-1-9-19(21)20-10-2-4-12-22(20)23/h1-6,8-13,17-18,23H,7,14-16H2,(H,27,32)(H,28,29)(H,30,31)/b13-6+. The summed E-state index contributed by atoms with van der Waals surface area (Å²) < 4.78 is 5.45. The first-order valence-corrected chi connectivity index (χ1v) is 11.0. The molecule has 2 aromatic carbocycles. The molecule has 0 fully saturated rings. The monoisotopic (exact) mass is 446 g/mol. The highest BCUT2D eigenvalue weighted by atomic mass is 16.5. The number of carboxylic acid groups (broad SMARTS) is 1. The first-order valence-electron chi connectivity index (χ1n) is 11.0. The van der Waals surface area contributed by atoms with Crippen LogP contribution in [0.5, 0.6) is 0 Å². The molecule has 7 nitrogen and oxygen atoms in total. The van der Waals surface area contributed by atoms with Crippen molar-refractivity contribution in [3.63, 3.8) is 0 Å². The Balaban J connectivity index is 1.22. The molecule has 0 radical (unpaired) electrons. The van der Waals surface area contributed by atoms with Crippen molar-refractivity contribution in [2.24, 2.45) is 5.92 Å². The number of fused-ring (bicyclic) bond motifs is 3. The van der Waals surface area contributed by atoms with Crippen LogP contribution in [0.2, 0.25) is 0 Å². The maximum absolute atomic E-state index is 12.2. The van der Waals surface area contributed by atoms with Gasteiger partial charge in [-0.3, -0.25) is 9.59 Å². The summed E-state index contributed by atoms with van der Waals surface area (Å²) in [6, 6.07) is 15.9. The SMILES string of the molecule is O=C(/C=C/CNC(=O)OCC1c2ccccc2-c2ccccc21)NC1C=CCC(C(=O)O)C1. The number of rotatable bonds is 7. The second kappa shape index (κ2) is 10.2. The van der Waals surface area contributed by atoms with Crippen LogP contribution in [0.4, 0.5) is 4.79 Å². The highest BCUT2D eigenvalue weighted by Gasteiger charge is 2.29. The first-order chi connectivity index (χ1) is 16.0. The summed E-state index contributed by atoms with van der Waals surface area (Å²) in [5, 5.41) is 14.5. The molecule has 2 aromatic rings. The van der Waals surface area contributed by atoms with Gasteiger partial charge in [-0.15, -0.1) is 0 Å². The van der Waals surface area contributed by atoms with Gasteiger partial charge in [-0.05, 0) is 35.1 Å². The van der Waals surface area contributed by atoms with Crippen molar-refractivity contribution in [2.75, 3.05) is 13.2 Å². The number of carboxylic acids is 1. The van der Waals surface area contributed by atoms with E-state index in [1.165, 1.54) is 23.3 Å². The van der Waals surface area contributed by atoms with Crippen LogP contribution in [0, 0.1) is 5.92 Å². The van der Waals surface area contributed by atoms with Crippen LogP contribution in [-0.2, 0) is 14.3 Å². The number of nitrogens with one attached hydrogen (secondary N) is 2. The Morgan fingerprint density at radius 1 is 1.03 bits per heavy atom. The van der Waals surface area contributed by atoms with Gasteiger partial charge in [0, 0.05) is 24.6 Å². The molecule has 2 unspecified atom stereocenters. The maximum atomic E-state index is 12.2. The van der Waals surface area contributed by atoms with Gasteiger partial charge in [0.1, 0.15) is 6.61 Å². The maximum Gasteiger partial charge on any atom is 0.407 e. The number of allylic oxidation sites excluding steroid dienone is 1. The van der Waals surface area contributed by atoms with E-state index in [0.29, 0.717) is 12.8 Å². The van der Waals surface area contributed by atoms with E-state index < -0.39 is 18.0 Å². The summed E-state index contributed by atoms with van der Waals surface area (Å²) in [7, 11) is 0. The van der Waals surface area contributed by atoms with Gasteiger partial charge in [0.25, 0.3) is 0 Å². The highest BCUT2D eigenvalue weighted by molar-refractivity contribution is 5.88. The van der Waals surface area contributed by atoms with Gasteiger partial charge >= 0.3 is 12.1 Å². The fourth-order valence-electron chi connectivity index (χ4n) is 4.39. The molecule has 0 aliphatic heterocycles. The summed E-state index contributed by atoms with van der Waals surface area (Å²) in [4.78, 5) is 35.3. The Kier molecular flexibility index (Phi) is 6.88. The van der Waals surface area contributed by atoms with Crippen LogP contribution in [0.25, 0.3) is 11.1 Å². The lowest BCUT2D eigenvalue weighted by molar-refractivity contribution is -0.142. The number of hydrogen-bond donors (Lipinski definition) is 3. The third-order valence-electron chi connectivity index (χ3n) is 5.98. The van der Waals surface area contributed by atoms with Gasteiger partial charge in [0.2, 0.25) is 5.91 Å². The molecule has 0 spiro atoms. The number of amides is 2. The third kappa shape index (κ3) is 5.31. The first kappa shape index (κ1) is 22.3. The van der Waals surface area contributed by atoms with Crippen molar-refractivity contribution in [1.82, 2.24) is 10.6 Å². The van der Waals surface area contributed by atoms with Crippen molar-refractivity contribution in [2.45, 2.75) is 24.8 Å². The van der Waals surface area contributed by atoms with Crippen LogP contribution >= 0.6 is 0 Å². The van der Waals surface area contributed by atoms with Gasteiger partial charge in [0.15, 0.2) is 0 Å². The minimum atomic E-state index is -0.860. The minimum absolute atomic E-state index is 0.0114. The van der Waals surface area contributed by atoms with E-state index in [9.17, 15) is 14.4 Å². The van der Waals surface area contributed by atoms with Gasteiger partial charge in [0.05, 0.1) is 5.92 Å². The lowest BCUT2D eigenvalue weighted by Crippen LogP contribution is -2.37. The molecule has 0 aromatic heterocycles. The number of ether oxygens (including phenoxy) is 1. The third-order valence-corrected chi connectivity index (χ3v) is 5.98. The molecule has 0 heterocycles. The zero-order chi connectivity index (χ0) is 23.2. The second-order valence-electron chi connectivity index (χ2n) is 8.16. The summed E-state index contributed by atoms with van der Waals surface area (Å²) in [5.41, 5.74) is 4.62. The number of hydrogen-bond acceptors (Lipinski definition) is 4. The van der Waals surface area contributed by atoms with Crippen LogP contribution in [0.15, 0.2) is 72.8 Å². The van der Waals surface area contributed by atoms with Crippen LogP contribution < -0.4 is 10.6 Å².